The average Bonchev–Trinajstić information content (AvgIpc) is 2.68. The van der Waals surface area contributed by atoms with Crippen molar-refractivity contribution in [2.45, 2.75) is 58.0 Å². The van der Waals surface area contributed by atoms with Gasteiger partial charge in [-0.1, -0.05) is 26.7 Å². The summed E-state index contributed by atoms with van der Waals surface area (Å²) in [5.41, 5.74) is -0.0584. The van der Waals surface area contributed by atoms with Gasteiger partial charge in [0.05, 0.1) is 13.2 Å². The Kier molecular flexibility index (Phi) is 4.95. The molecule has 1 rings (SSSR count). The summed E-state index contributed by atoms with van der Waals surface area (Å²) in [5.74, 6) is -0.251. The average molecular weight is 238 g/mol. The van der Waals surface area contributed by atoms with Crippen molar-refractivity contribution in [2.75, 3.05) is 7.11 Å². The molecule has 0 bridgehead atoms. The number of rotatable bonds is 5. The zero-order valence-electron chi connectivity index (χ0n) is 11.0. The summed E-state index contributed by atoms with van der Waals surface area (Å²) >= 11 is 0. The van der Waals surface area contributed by atoms with E-state index in [0.29, 0.717) is 0 Å². The number of methoxy groups -OCH3 is 1. The van der Waals surface area contributed by atoms with Gasteiger partial charge in [-0.3, -0.25) is 10.1 Å². The lowest BCUT2D eigenvalue weighted by molar-refractivity contribution is -0.142. The fourth-order valence-corrected chi connectivity index (χ4v) is 3.04. The first-order valence-electron chi connectivity index (χ1n) is 6.37. The summed E-state index contributed by atoms with van der Waals surface area (Å²) in [6.45, 7) is 4.24. The van der Waals surface area contributed by atoms with E-state index in [4.69, 9.17) is 4.74 Å². The number of nitriles is 1. The zero-order chi connectivity index (χ0) is 12.9. The molecule has 4 heteroatoms. The highest BCUT2D eigenvalue weighted by Crippen LogP contribution is 2.43. The lowest BCUT2D eigenvalue weighted by Crippen LogP contribution is -2.38. The number of hydrogen-bond donors (Lipinski definition) is 1. The molecule has 0 aliphatic carbocycles. The molecule has 1 N–H and O–H groups in total. The topological polar surface area (TPSA) is 62.1 Å². The van der Waals surface area contributed by atoms with Gasteiger partial charge in [-0.2, -0.15) is 5.26 Å². The third-order valence-electron chi connectivity index (χ3n) is 3.70. The van der Waals surface area contributed by atoms with Crippen LogP contribution in [0.2, 0.25) is 0 Å². The highest BCUT2D eigenvalue weighted by atomic mass is 16.5. The van der Waals surface area contributed by atoms with Crippen molar-refractivity contribution in [3.05, 3.63) is 0 Å². The van der Waals surface area contributed by atoms with Crippen molar-refractivity contribution in [3.63, 3.8) is 0 Å². The Morgan fingerprint density at radius 1 is 1.47 bits per heavy atom. The Hall–Kier alpha value is -1.08. The molecule has 0 radical (unpaired) electrons. The predicted molar refractivity (Wildman–Crippen MR) is 65.2 cm³/mol. The first kappa shape index (κ1) is 14.0. The van der Waals surface area contributed by atoms with Crippen molar-refractivity contribution in [1.82, 2.24) is 5.32 Å². The van der Waals surface area contributed by atoms with Gasteiger partial charge in [0.25, 0.3) is 0 Å². The molecule has 1 aliphatic heterocycles. The van der Waals surface area contributed by atoms with Gasteiger partial charge in [0.15, 0.2) is 0 Å². The number of ether oxygens (including phenoxy) is 1. The van der Waals surface area contributed by atoms with Gasteiger partial charge in [0, 0.05) is 5.41 Å². The molecule has 0 spiro atoms. The van der Waals surface area contributed by atoms with Gasteiger partial charge in [0.1, 0.15) is 12.1 Å². The van der Waals surface area contributed by atoms with Crippen LogP contribution >= 0.6 is 0 Å². The Morgan fingerprint density at radius 2 is 2.06 bits per heavy atom. The third-order valence-corrected chi connectivity index (χ3v) is 3.70. The van der Waals surface area contributed by atoms with E-state index in [0.717, 1.165) is 32.1 Å². The molecule has 0 saturated carbocycles. The molecular weight excluding hydrogens is 216 g/mol. The molecule has 0 aromatic heterocycles. The van der Waals surface area contributed by atoms with Crippen molar-refractivity contribution in [1.29, 1.82) is 5.26 Å². The van der Waals surface area contributed by atoms with E-state index in [1.54, 1.807) is 0 Å². The Labute approximate surface area is 103 Å². The molecule has 4 nitrogen and oxygen atoms in total. The highest BCUT2D eigenvalue weighted by Gasteiger charge is 2.48. The SMILES string of the molecule is CCCC1(CCC)C[C@@H](C(=O)OC)NC1C#N. The Balaban J connectivity index is 2.87. The molecule has 1 aliphatic rings. The standard InChI is InChI=1S/C13H22N2O2/c1-4-6-13(7-5-2)8-10(12(16)17-3)15-11(13)9-14/h10-11,15H,4-8H2,1-3H3/t10-,11?/m0/s1. The minimum Gasteiger partial charge on any atom is -0.468 e. The van der Waals surface area contributed by atoms with Gasteiger partial charge >= 0.3 is 5.97 Å². The van der Waals surface area contributed by atoms with Crippen LogP contribution in [0.5, 0.6) is 0 Å². The number of nitrogens with zero attached hydrogens (tertiary/aromatic N) is 1. The minimum atomic E-state index is -0.317. The molecule has 2 atom stereocenters. The number of esters is 1. The van der Waals surface area contributed by atoms with Gasteiger partial charge < -0.3 is 4.74 Å². The van der Waals surface area contributed by atoms with Crippen LogP contribution in [0, 0.1) is 16.7 Å². The molecule has 0 aromatic rings. The maximum atomic E-state index is 11.6. The largest absolute Gasteiger partial charge is 0.468 e. The summed E-state index contributed by atoms with van der Waals surface area (Å²) in [7, 11) is 1.39. The number of hydrogen-bond acceptors (Lipinski definition) is 4. The molecule has 17 heavy (non-hydrogen) atoms. The first-order valence-corrected chi connectivity index (χ1v) is 6.37. The van der Waals surface area contributed by atoms with Crippen LogP contribution in [0.1, 0.15) is 46.0 Å². The van der Waals surface area contributed by atoms with Crippen molar-refractivity contribution in [3.8, 4) is 6.07 Å². The predicted octanol–water partition coefficient (Wildman–Crippen LogP) is 2.00. The van der Waals surface area contributed by atoms with E-state index >= 15 is 0 Å². The third kappa shape index (κ3) is 2.78. The van der Waals surface area contributed by atoms with Crippen molar-refractivity contribution >= 4 is 5.97 Å². The van der Waals surface area contributed by atoms with Gasteiger partial charge in [-0.25, -0.2) is 0 Å². The van der Waals surface area contributed by atoms with Crippen molar-refractivity contribution < 1.29 is 9.53 Å². The fourth-order valence-electron chi connectivity index (χ4n) is 3.04. The first-order chi connectivity index (χ1) is 8.13. The fraction of sp³-hybridized carbons (Fsp3) is 0.846. The second kappa shape index (κ2) is 6.02. The van der Waals surface area contributed by atoms with Gasteiger partial charge in [0.2, 0.25) is 0 Å². The van der Waals surface area contributed by atoms with Crippen LogP contribution in [0.3, 0.4) is 0 Å². The second-order valence-electron chi connectivity index (χ2n) is 4.87. The normalized spacial score (nSPS) is 26.5. The van der Waals surface area contributed by atoms with Gasteiger partial charge in [-0.05, 0) is 19.3 Å². The summed E-state index contributed by atoms with van der Waals surface area (Å²) in [6, 6.07) is 1.77. The monoisotopic (exact) mass is 238 g/mol. The van der Waals surface area contributed by atoms with Crippen LogP contribution in [0.4, 0.5) is 0 Å². The molecular formula is C13H22N2O2. The molecule has 1 heterocycles. The molecule has 1 fully saturated rings. The molecule has 1 saturated heterocycles. The number of nitrogens with one attached hydrogen (secondary N) is 1. The highest BCUT2D eigenvalue weighted by molar-refractivity contribution is 5.76. The van der Waals surface area contributed by atoms with E-state index in [9.17, 15) is 10.1 Å². The maximum absolute atomic E-state index is 11.6. The van der Waals surface area contributed by atoms with Gasteiger partial charge in [-0.15, -0.1) is 0 Å². The van der Waals surface area contributed by atoms with Crippen LogP contribution in [0.15, 0.2) is 0 Å². The Morgan fingerprint density at radius 3 is 2.47 bits per heavy atom. The molecule has 0 aromatic carbocycles. The van der Waals surface area contributed by atoms with Crippen molar-refractivity contribution in [2.24, 2.45) is 5.41 Å². The van der Waals surface area contributed by atoms with E-state index in [1.807, 2.05) is 0 Å². The van der Waals surface area contributed by atoms with Crippen LogP contribution < -0.4 is 5.32 Å². The summed E-state index contributed by atoms with van der Waals surface area (Å²) < 4.78 is 4.77. The lowest BCUT2D eigenvalue weighted by atomic mass is 9.73. The molecule has 96 valence electrons. The summed E-state index contributed by atoms with van der Waals surface area (Å²) in [6.07, 6.45) is 4.76. The van der Waals surface area contributed by atoms with Crippen LogP contribution in [0.25, 0.3) is 0 Å². The Bertz CT molecular complexity index is 303. The smallest absolute Gasteiger partial charge is 0.322 e. The lowest BCUT2D eigenvalue weighted by Gasteiger charge is -2.30. The minimum absolute atomic E-state index is 0.0584. The second-order valence-corrected chi connectivity index (χ2v) is 4.87. The molecule has 0 amide bonds. The van der Waals surface area contributed by atoms with Crippen LogP contribution in [-0.2, 0) is 9.53 Å². The van der Waals surface area contributed by atoms with E-state index in [2.05, 4.69) is 25.2 Å². The zero-order valence-corrected chi connectivity index (χ0v) is 11.0. The number of carbonyl (C=O) groups is 1. The van der Waals surface area contributed by atoms with E-state index in [-0.39, 0.29) is 23.5 Å². The maximum Gasteiger partial charge on any atom is 0.322 e. The van der Waals surface area contributed by atoms with Crippen LogP contribution in [-0.4, -0.2) is 25.2 Å². The summed E-state index contributed by atoms with van der Waals surface area (Å²) in [4.78, 5) is 11.6. The van der Waals surface area contributed by atoms with E-state index < -0.39 is 0 Å². The molecule has 1 unspecified atom stereocenters. The van der Waals surface area contributed by atoms with E-state index in [1.165, 1.54) is 7.11 Å². The number of carbonyl (C=O) groups excluding carboxylic acids is 1. The summed E-state index contributed by atoms with van der Waals surface area (Å²) in [5, 5.41) is 12.4. The quantitative estimate of drug-likeness (QED) is 0.744.